The molecule has 0 amide bonds. The Labute approximate surface area is 80.2 Å². The highest BCUT2D eigenvalue weighted by molar-refractivity contribution is 9.10. The van der Waals surface area contributed by atoms with Crippen LogP contribution in [0.5, 0.6) is 5.75 Å². The topological polar surface area (TPSA) is 36.4 Å². The van der Waals surface area contributed by atoms with Crippen LogP contribution in [0.15, 0.2) is 16.7 Å². The second-order valence-electron chi connectivity index (χ2n) is 2.85. The van der Waals surface area contributed by atoms with E-state index in [-0.39, 0.29) is 5.75 Å². The molecular formula is C8H11BrN2O. The first kappa shape index (κ1) is 9.48. The Morgan fingerprint density at radius 3 is 2.67 bits per heavy atom. The maximum atomic E-state index is 9.15. The standard InChI is InChI=1S/C8H11BrN2O/c1-11(2)5-6-3-4-7(12)8(9)10-6/h3-4,12H,5H2,1-2H3. The lowest BCUT2D eigenvalue weighted by atomic mass is 10.3. The average molecular weight is 231 g/mol. The third kappa shape index (κ3) is 2.46. The highest BCUT2D eigenvalue weighted by Crippen LogP contribution is 2.20. The molecule has 4 heteroatoms. The fourth-order valence-electron chi connectivity index (χ4n) is 0.877. The van der Waals surface area contributed by atoms with Gasteiger partial charge >= 0.3 is 0 Å². The zero-order valence-electron chi connectivity index (χ0n) is 7.08. The van der Waals surface area contributed by atoms with Crippen molar-refractivity contribution in [2.24, 2.45) is 0 Å². The van der Waals surface area contributed by atoms with Gasteiger partial charge in [-0.2, -0.15) is 0 Å². The first-order valence-corrected chi connectivity index (χ1v) is 4.38. The van der Waals surface area contributed by atoms with Crippen molar-refractivity contribution < 1.29 is 5.11 Å². The number of aromatic hydroxyl groups is 1. The van der Waals surface area contributed by atoms with E-state index in [1.54, 1.807) is 12.1 Å². The number of hydrogen-bond donors (Lipinski definition) is 1. The number of halogens is 1. The van der Waals surface area contributed by atoms with E-state index in [0.29, 0.717) is 4.60 Å². The largest absolute Gasteiger partial charge is 0.505 e. The number of nitrogens with zero attached hydrogens (tertiary/aromatic N) is 2. The van der Waals surface area contributed by atoms with E-state index in [9.17, 15) is 0 Å². The van der Waals surface area contributed by atoms with Crippen LogP contribution < -0.4 is 0 Å². The van der Waals surface area contributed by atoms with E-state index in [0.717, 1.165) is 12.2 Å². The van der Waals surface area contributed by atoms with E-state index in [2.05, 4.69) is 20.9 Å². The summed E-state index contributed by atoms with van der Waals surface area (Å²) in [4.78, 5) is 6.16. The molecule has 1 aromatic heterocycles. The third-order valence-corrected chi connectivity index (χ3v) is 1.95. The molecule has 0 radical (unpaired) electrons. The zero-order chi connectivity index (χ0) is 9.14. The van der Waals surface area contributed by atoms with Crippen molar-refractivity contribution in [3.05, 3.63) is 22.4 Å². The summed E-state index contributed by atoms with van der Waals surface area (Å²) in [5.41, 5.74) is 0.935. The van der Waals surface area contributed by atoms with Gasteiger partial charge in [0.1, 0.15) is 10.4 Å². The van der Waals surface area contributed by atoms with Gasteiger partial charge in [0.25, 0.3) is 0 Å². The van der Waals surface area contributed by atoms with Crippen LogP contribution in [-0.2, 0) is 6.54 Å². The molecule has 0 aliphatic carbocycles. The molecule has 1 heterocycles. The van der Waals surface area contributed by atoms with Gasteiger partial charge in [-0.15, -0.1) is 0 Å². The molecule has 0 aliphatic rings. The molecule has 0 atom stereocenters. The Kier molecular flexibility index (Phi) is 3.05. The SMILES string of the molecule is CN(C)Cc1ccc(O)c(Br)n1. The van der Waals surface area contributed by atoms with Gasteiger partial charge in [0.2, 0.25) is 0 Å². The molecule has 12 heavy (non-hydrogen) atoms. The fourth-order valence-corrected chi connectivity index (χ4v) is 1.24. The maximum absolute atomic E-state index is 9.15. The van der Waals surface area contributed by atoms with Crippen LogP contribution in [0.1, 0.15) is 5.69 Å². The summed E-state index contributed by atoms with van der Waals surface area (Å²) in [6.07, 6.45) is 0. The Morgan fingerprint density at radius 2 is 2.17 bits per heavy atom. The predicted molar refractivity (Wildman–Crippen MR) is 51.0 cm³/mol. The minimum Gasteiger partial charge on any atom is -0.505 e. The highest BCUT2D eigenvalue weighted by atomic mass is 79.9. The lowest BCUT2D eigenvalue weighted by Gasteiger charge is -2.08. The summed E-state index contributed by atoms with van der Waals surface area (Å²) >= 11 is 3.16. The Bertz CT molecular complexity index is 276. The van der Waals surface area contributed by atoms with Crippen molar-refractivity contribution in [1.29, 1.82) is 0 Å². The molecule has 1 N–H and O–H groups in total. The summed E-state index contributed by atoms with van der Waals surface area (Å²) < 4.78 is 0.502. The number of hydrogen-bond acceptors (Lipinski definition) is 3. The molecular weight excluding hydrogens is 220 g/mol. The summed E-state index contributed by atoms with van der Waals surface area (Å²) in [6.45, 7) is 0.777. The van der Waals surface area contributed by atoms with Crippen LogP contribution in [-0.4, -0.2) is 29.1 Å². The van der Waals surface area contributed by atoms with Gasteiger partial charge in [-0.1, -0.05) is 0 Å². The van der Waals surface area contributed by atoms with Crippen molar-refractivity contribution in [2.75, 3.05) is 14.1 Å². The first-order valence-electron chi connectivity index (χ1n) is 3.58. The summed E-state index contributed by atoms with van der Waals surface area (Å²) in [6, 6.07) is 3.44. The van der Waals surface area contributed by atoms with Crippen LogP contribution in [0.25, 0.3) is 0 Å². The van der Waals surface area contributed by atoms with Gasteiger partial charge in [0.05, 0.1) is 5.69 Å². The molecule has 0 saturated heterocycles. The highest BCUT2D eigenvalue weighted by Gasteiger charge is 2.01. The van der Waals surface area contributed by atoms with Crippen LogP contribution in [0.3, 0.4) is 0 Å². The van der Waals surface area contributed by atoms with E-state index in [4.69, 9.17) is 5.11 Å². The molecule has 0 fully saturated rings. The minimum atomic E-state index is 0.178. The van der Waals surface area contributed by atoms with Crippen LogP contribution in [0, 0.1) is 0 Å². The fraction of sp³-hybridized carbons (Fsp3) is 0.375. The lowest BCUT2D eigenvalue weighted by Crippen LogP contribution is -2.11. The molecule has 0 aliphatic heterocycles. The van der Waals surface area contributed by atoms with Crippen molar-refractivity contribution in [1.82, 2.24) is 9.88 Å². The zero-order valence-corrected chi connectivity index (χ0v) is 8.67. The lowest BCUT2D eigenvalue weighted by molar-refractivity contribution is 0.395. The Balaban J connectivity index is 2.82. The monoisotopic (exact) mass is 230 g/mol. The van der Waals surface area contributed by atoms with E-state index < -0.39 is 0 Å². The van der Waals surface area contributed by atoms with Gasteiger partial charge in [-0.25, -0.2) is 4.98 Å². The summed E-state index contributed by atoms with van der Waals surface area (Å²) in [7, 11) is 3.95. The molecule has 1 rings (SSSR count). The molecule has 0 aromatic carbocycles. The molecule has 0 spiro atoms. The molecule has 0 unspecified atom stereocenters. The Morgan fingerprint density at radius 1 is 1.50 bits per heavy atom. The normalized spacial score (nSPS) is 10.7. The molecule has 66 valence electrons. The Hall–Kier alpha value is -0.610. The molecule has 0 bridgehead atoms. The molecule has 3 nitrogen and oxygen atoms in total. The van der Waals surface area contributed by atoms with Crippen molar-refractivity contribution >= 4 is 15.9 Å². The van der Waals surface area contributed by atoms with Crippen molar-refractivity contribution in [3.8, 4) is 5.75 Å². The van der Waals surface area contributed by atoms with Gasteiger partial charge in [-0.3, -0.25) is 0 Å². The predicted octanol–water partition coefficient (Wildman–Crippen LogP) is 1.61. The second-order valence-corrected chi connectivity index (χ2v) is 3.60. The number of rotatable bonds is 2. The number of pyridine rings is 1. The summed E-state index contributed by atoms with van der Waals surface area (Å²) in [5.74, 6) is 0.178. The smallest absolute Gasteiger partial charge is 0.148 e. The maximum Gasteiger partial charge on any atom is 0.148 e. The van der Waals surface area contributed by atoms with Crippen molar-refractivity contribution in [2.45, 2.75) is 6.54 Å². The third-order valence-electron chi connectivity index (χ3n) is 1.36. The minimum absolute atomic E-state index is 0.178. The van der Waals surface area contributed by atoms with Crippen LogP contribution >= 0.6 is 15.9 Å². The van der Waals surface area contributed by atoms with E-state index >= 15 is 0 Å². The van der Waals surface area contributed by atoms with Gasteiger partial charge in [0.15, 0.2) is 0 Å². The van der Waals surface area contributed by atoms with E-state index in [1.165, 1.54) is 0 Å². The van der Waals surface area contributed by atoms with Gasteiger partial charge in [-0.05, 0) is 42.2 Å². The quantitative estimate of drug-likeness (QED) is 0.785. The molecule has 0 saturated carbocycles. The van der Waals surface area contributed by atoms with Crippen molar-refractivity contribution in [3.63, 3.8) is 0 Å². The van der Waals surface area contributed by atoms with E-state index in [1.807, 2.05) is 19.0 Å². The second kappa shape index (κ2) is 3.87. The first-order chi connectivity index (χ1) is 5.59. The summed E-state index contributed by atoms with van der Waals surface area (Å²) in [5, 5.41) is 9.15. The van der Waals surface area contributed by atoms with Crippen LogP contribution in [0.4, 0.5) is 0 Å². The van der Waals surface area contributed by atoms with Gasteiger partial charge in [0, 0.05) is 6.54 Å². The van der Waals surface area contributed by atoms with Gasteiger partial charge < -0.3 is 10.0 Å². The average Bonchev–Trinajstić information content (AvgIpc) is 1.96. The van der Waals surface area contributed by atoms with Crippen LogP contribution in [0.2, 0.25) is 0 Å². The molecule has 1 aromatic rings. The number of aromatic nitrogens is 1.